The topological polar surface area (TPSA) is 78.0 Å². The Labute approximate surface area is 198 Å². The molecular weight excluding hydrogens is 457 g/mol. The van der Waals surface area contributed by atoms with E-state index in [4.69, 9.17) is 0 Å². The molecule has 7 nitrogen and oxygen atoms in total. The number of para-hydroxylation sites is 1. The van der Waals surface area contributed by atoms with Gasteiger partial charge in [-0.1, -0.05) is 48.5 Å². The molecule has 0 bridgehead atoms. The minimum absolute atomic E-state index is 0.112. The molecule has 0 aliphatic carbocycles. The molecular formula is C25H24FN3O4S. The largest absolute Gasteiger partial charge is 0.343 e. The zero-order chi connectivity index (χ0) is 24.5. The highest BCUT2D eigenvalue weighted by atomic mass is 32.2. The van der Waals surface area contributed by atoms with Crippen LogP contribution in [-0.4, -0.2) is 38.3 Å². The maximum atomic E-state index is 14.3. The van der Waals surface area contributed by atoms with Crippen molar-refractivity contribution in [3.63, 3.8) is 0 Å². The molecule has 0 atom stereocenters. The van der Waals surface area contributed by atoms with Gasteiger partial charge < -0.3 is 4.90 Å². The maximum Gasteiger partial charge on any atom is 0.343 e. The minimum atomic E-state index is -4.31. The lowest BCUT2D eigenvalue weighted by Gasteiger charge is -2.36. The summed E-state index contributed by atoms with van der Waals surface area (Å²) < 4.78 is 41.5. The quantitative estimate of drug-likeness (QED) is 0.525. The lowest BCUT2D eigenvalue weighted by Crippen LogP contribution is -2.54. The van der Waals surface area contributed by atoms with Crippen LogP contribution in [0.15, 0.2) is 77.7 Å². The number of urea groups is 1. The van der Waals surface area contributed by atoms with E-state index < -0.39 is 21.9 Å². The number of amides is 3. The predicted octanol–water partition coefficient (Wildman–Crippen LogP) is 4.32. The number of fused-ring (bicyclic) bond motifs is 1. The fourth-order valence-corrected chi connectivity index (χ4v) is 5.42. The van der Waals surface area contributed by atoms with Gasteiger partial charge in [0.1, 0.15) is 17.3 Å². The molecule has 0 saturated carbocycles. The summed E-state index contributed by atoms with van der Waals surface area (Å²) in [6, 6.07) is 18.3. The van der Waals surface area contributed by atoms with Crippen molar-refractivity contribution in [3.8, 4) is 0 Å². The van der Waals surface area contributed by atoms with Crippen LogP contribution in [0.2, 0.25) is 0 Å². The summed E-state index contributed by atoms with van der Waals surface area (Å²) in [5, 5.41) is 0. The zero-order valence-electron chi connectivity index (χ0n) is 18.8. The molecule has 0 saturated heterocycles. The van der Waals surface area contributed by atoms with E-state index >= 15 is 0 Å². The maximum absolute atomic E-state index is 14.3. The smallest absolute Gasteiger partial charge is 0.337 e. The molecule has 0 N–H and O–H groups in total. The summed E-state index contributed by atoms with van der Waals surface area (Å²) in [6.45, 7) is 3.77. The number of nitrogens with zero attached hydrogens (tertiary/aromatic N) is 3. The number of aryl methyl sites for hydroxylation is 1. The molecule has 3 aromatic carbocycles. The highest BCUT2D eigenvalue weighted by Crippen LogP contribution is 2.37. The molecule has 0 aromatic heterocycles. The van der Waals surface area contributed by atoms with Gasteiger partial charge in [-0.25, -0.2) is 17.6 Å². The molecule has 1 heterocycles. The third-order valence-electron chi connectivity index (χ3n) is 5.71. The molecule has 0 unspecified atom stereocenters. The minimum Gasteiger partial charge on any atom is -0.337 e. The van der Waals surface area contributed by atoms with Crippen molar-refractivity contribution in [1.29, 1.82) is 0 Å². The molecule has 3 aromatic rings. The van der Waals surface area contributed by atoms with E-state index in [1.54, 1.807) is 11.0 Å². The second-order valence-corrected chi connectivity index (χ2v) is 9.69. The Balaban J connectivity index is 1.72. The molecule has 0 radical (unpaired) electrons. The van der Waals surface area contributed by atoms with Gasteiger partial charge in [0.15, 0.2) is 0 Å². The second kappa shape index (κ2) is 9.26. The molecule has 3 amide bonds. The van der Waals surface area contributed by atoms with E-state index in [-0.39, 0.29) is 28.7 Å². The summed E-state index contributed by atoms with van der Waals surface area (Å²) in [4.78, 5) is 29.3. The predicted molar refractivity (Wildman–Crippen MR) is 128 cm³/mol. The fraction of sp³-hybridized carbons (Fsp3) is 0.200. The Morgan fingerprint density at radius 1 is 1.00 bits per heavy atom. The van der Waals surface area contributed by atoms with Crippen LogP contribution in [0.3, 0.4) is 0 Å². The number of halogens is 1. The number of sulfonamides is 1. The van der Waals surface area contributed by atoms with Gasteiger partial charge in [0, 0.05) is 13.1 Å². The van der Waals surface area contributed by atoms with E-state index in [1.807, 2.05) is 37.3 Å². The lowest BCUT2D eigenvalue weighted by atomic mass is 10.2. The number of carbonyl (C=O) groups excluding carboxylic acids is 2. The number of anilines is 2. The van der Waals surface area contributed by atoms with Crippen molar-refractivity contribution in [3.05, 3.63) is 89.7 Å². The van der Waals surface area contributed by atoms with Crippen LogP contribution in [0.4, 0.5) is 20.6 Å². The number of hydrogen-bond acceptors (Lipinski definition) is 4. The summed E-state index contributed by atoms with van der Waals surface area (Å²) in [5.74, 6) is -0.981. The third-order valence-corrected chi connectivity index (χ3v) is 7.46. The number of carbonyl (C=O) groups is 2. The Bertz CT molecular complexity index is 1350. The lowest BCUT2D eigenvalue weighted by molar-refractivity contribution is -0.130. The SMILES string of the molecule is CCN(Cc1ccccc1)C(=O)CN1C(=O)N(c2ccc(C)c(F)c2)S(=O)(=O)c2ccccc21. The van der Waals surface area contributed by atoms with E-state index in [2.05, 4.69) is 0 Å². The van der Waals surface area contributed by atoms with E-state index in [9.17, 15) is 22.4 Å². The Morgan fingerprint density at radius 2 is 1.68 bits per heavy atom. The first kappa shape index (κ1) is 23.4. The Hall–Kier alpha value is -3.72. The second-order valence-electron chi connectivity index (χ2n) is 7.93. The first-order chi connectivity index (χ1) is 16.2. The van der Waals surface area contributed by atoms with Gasteiger partial charge in [0.05, 0.1) is 11.4 Å². The number of hydrogen-bond donors (Lipinski definition) is 0. The Morgan fingerprint density at radius 3 is 2.35 bits per heavy atom. The van der Waals surface area contributed by atoms with Crippen LogP contribution in [0.5, 0.6) is 0 Å². The number of likely N-dealkylation sites (N-methyl/N-ethyl adjacent to an activating group) is 1. The summed E-state index contributed by atoms with van der Waals surface area (Å²) >= 11 is 0. The van der Waals surface area contributed by atoms with E-state index in [1.165, 1.54) is 37.3 Å². The van der Waals surface area contributed by atoms with Crippen molar-refractivity contribution in [2.75, 3.05) is 22.3 Å². The van der Waals surface area contributed by atoms with Gasteiger partial charge in [-0.05, 0) is 49.2 Å². The first-order valence-corrected chi connectivity index (χ1v) is 12.2. The van der Waals surface area contributed by atoms with Crippen LogP contribution in [0.25, 0.3) is 0 Å². The zero-order valence-corrected chi connectivity index (χ0v) is 19.6. The van der Waals surface area contributed by atoms with Crippen molar-refractivity contribution in [1.82, 2.24) is 4.90 Å². The monoisotopic (exact) mass is 481 g/mol. The van der Waals surface area contributed by atoms with Gasteiger partial charge in [-0.2, -0.15) is 4.31 Å². The molecule has 0 fully saturated rings. The van der Waals surface area contributed by atoms with Crippen molar-refractivity contribution < 1.29 is 22.4 Å². The molecule has 0 spiro atoms. The van der Waals surface area contributed by atoms with Gasteiger partial charge in [0.2, 0.25) is 5.91 Å². The van der Waals surface area contributed by atoms with Crippen LogP contribution >= 0.6 is 0 Å². The average Bonchev–Trinajstić information content (AvgIpc) is 2.83. The average molecular weight is 482 g/mol. The highest BCUT2D eigenvalue weighted by molar-refractivity contribution is 7.94. The normalized spacial score (nSPS) is 14.6. The highest BCUT2D eigenvalue weighted by Gasteiger charge is 2.43. The summed E-state index contributed by atoms with van der Waals surface area (Å²) in [5.41, 5.74) is 1.23. The summed E-state index contributed by atoms with van der Waals surface area (Å²) in [6.07, 6.45) is 0. The number of rotatable bonds is 6. The fourth-order valence-electron chi connectivity index (χ4n) is 3.84. The van der Waals surface area contributed by atoms with Crippen molar-refractivity contribution >= 4 is 33.3 Å². The van der Waals surface area contributed by atoms with Crippen LogP contribution < -0.4 is 9.21 Å². The Kier molecular flexibility index (Phi) is 6.39. The van der Waals surface area contributed by atoms with Crippen LogP contribution in [0, 0.1) is 12.7 Å². The van der Waals surface area contributed by atoms with Crippen LogP contribution in [-0.2, 0) is 21.4 Å². The van der Waals surface area contributed by atoms with Gasteiger partial charge in [-0.3, -0.25) is 9.69 Å². The number of benzene rings is 3. The molecule has 34 heavy (non-hydrogen) atoms. The van der Waals surface area contributed by atoms with Gasteiger partial charge >= 0.3 is 6.03 Å². The molecule has 1 aliphatic heterocycles. The molecule has 176 valence electrons. The summed E-state index contributed by atoms with van der Waals surface area (Å²) in [7, 11) is -4.31. The van der Waals surface area contributed by atoms with Gasteiger partial charge in [-0.15, -0.1) is 0 Å². The van der Waals surface area contributed by atoms with E-state index in [0.29, 0.717) is 23.0 Å². The standard InChI is InChI=1S/C25H24FN3O4S/c1-3-27(16-19-9-5-4-6-10-19)24(30)17-28-22-11-7-8-12-23(22)34(32,33)29(25(28)31)20-14-13-18(2)21(26)15-20/h4-15H,3,16-17H2,1-2H3. The molecule has 4 rings (SSSR count). The van der Waals surface area contributed by atoms with Crippen molar-refractivity contribution in [2.24, 2.45) is 0 Å². The third kappa shape index (κ3) is 4.26. The molecule has 1 aliphatic rings. The van der Waals surface area contributed by atoms with E-state index in [0.717, 1.165) is 16.5 Å². The first-order valence-electron chi connectivity index (χ1n) is 10.8. The molecule has 9 heteroatoms. The van der Waals surface area contributed by atoms with Crippen molar-refractivity contribution in [2.45, 2.75) is 25.3 Å². The van der Waals surface area contributed by atoms with Gasteiger partial charge in [0.25, 0.3) is 10.0 Å². The van der Waals surface area contributed by atoms with Crippen LogP contribution in [0.1, 0.15) is 18.1 Å².